The third kappa shape index (κ3) is 3.25. The van der Waals surface area contributed by atoms with Gasteiger partial charge in [-0.1, -0.05) is 18.2 Å². The number of carbonyl (C=O) groups is 1. The molecule has 1 heterocycles. The molecule has 0 saturated heterocycles. The number of thiophene rings is 1. The average Bonchev–Trinajstić information content (AvgIpc) is 2.86. The van der Waals surface area contributed by atoms with Crippen molar-refractivity contribution in [3.8, 4) is 0 Å². The first-order valence-corrected chi connectivity index (χ1v) is 7.12. The van der Waals surface area contributed by atoms with Crippen LogP contribution in [0, 0.1) is 0 Å². The van der Waals surface area contributed by atoms with E-state index in [-0.39, 0.29) is 5.91 Å². The van der Waals surface area contributed by atoms with Crippen molar-refractivity contribution in [2.24, 2.45) is 0 Å². The predicted octanol–water partition coefficient (Wildman–Crippen LogP) is 2.26. The predicted molar refractivity (Wildman–Crippen MR) is 71.0 cm³/mol. The zero-order valence-corrected chi connectivity index (χ0v) is 11.0. The van der Waals surface area contributed by atoms with Crippen LogP contribution in [0.25, 0.3) is 0 Å². The van der Waals surface area contributed by atoms with Gasteiger partial charge in [-0.3, -0.25) is 4.79 Å². The summed E-state index contributed by atoms with van der Waals surface area (Å²) >= 11 is -0.739. The fraction of sp³-hybridized carbons (Fsp3) is 0.0833. The lowest BCUT2D eigenvalue weighted by atomic mass is 10.2. The number of hydrogen-bond donors (Lipinski definition) is 2. The van der Waals surface area contributed by atoms with Gasteiger partial charge >= 0.3 is 0 Å². The van der Waals surface area contributed by atoms with Crippen molar-refractivity contribution in [2.75, 3.05) is 0 Å². The van der Waals surface area contributed by atoms with Crippen molar-refractivity contribution in [1.82, 2.24) is 5.32 Å². The fourth-order valence-electron chi connectivity index (χ4n) is 1.41. The summed E-state index contributed by atoms with van der Waals surface area (Å²) in [4.78, 5) is 12.6. The van der Waals surface area contributed by atoms with Crippen LogP contribution in [-0.4, -0.2) is 14.7 Å². The van der Waals surface area contributed by atoms with E-state index in [0.717, 1.165) is 4.88 Å². The third-order valence-corrected chi connectivity index (χ3v) is 4.31. The Hall–Kier alpha value is -1.50. The highest BCUT2D eigenvalue weighted by molar-refractivity contribution is 7.81. The van der Waals surface area contributed by atoms with E-state index in [1.165, 1.54) is 11.3 Å². The van der Waals surface area contributed by atoms with Gasteiger partial charge in [0.15, 0.2) is 11.1 Å². The molecule has 1 aromatic heterocycles. The standard InChI is InChI=1S/C12H11NO3S2/c14-12(9-4-2-1-3-5-9)13-8-10-6-7-11(17-10)18(15)16/h1-7H,8H2,(H,13,14)(H,15,16). The van der Waals surface area contributed by atoms with Gasteiger partial charge in [-0.15, -0.1) is 11.3 Å². The number of benzene rings is 1. The molecule has 2 rings (SSSR count). The van der Waals surface area contributed by atoms with Gasteiger partial charge in [-0.05, 0) is 24.3 Å². The lowest BCUT2D eigenvalue weighted by Crippen LogP contribution is -2.22. The van der Waals surface area contributed by atoms with Crippen LogP contribution in [-0.2, 0) is 17.6 Å². The first kappa shape index (κ1) is 12.9. The van der Waals surface area contributed by atoms with Crippen molar-refractivity contribution in [2.45, 2.75) is 10.8 Å². The molecule has 18 heavy (non-hydrogen) atoms. The molecule has 1 aromatic carbocycles. The summed E-state index contributed by atoms with van der Waals surface area (Å²) in [6, 6.07) is 12.2. The molecule has 94 valence electrons. The van der Waals surface area contributed by atoms with Gasteiger partial charge in [0.2, 0.25) is 0 Å². The minimum absolute atomic E-state index is 0.157. The van der Waals surface area contributed by atoms with E-state index in [1.807, 2.05) is 6.07 Å². The molecule has 0 spiro atoms. The number of rotatable bonds is 4. The summed E-state index contributed by atoms with van der Waals surface area (Å²) in [5.74, 6) is -0.157. The molecule has 0 saturated carbocycles. The van der Waals surface area contributed by atoms with Crippen LogP contribution in [0.1, 0.15) is 15.2 Å². The van der Waals surface area contributed by atoms with Crippen LogP contribution in [0.15, 0.2) is 46.7 Å². The maximum Gasteiger partial charge on any atom is 0.251 e. The maximum absolute atomic E-state index is 11.7. The minimum atomic E-state index is -1.95. The molecule has 4 nitrogen and oxygen atoms in total. The molecule has 2 N–H and O–H groups in total. The van der Waals surface area contributed by atoms with Gasteiger partial charge in [0.05, 0.1) is 6.54 Å². The van der Waals surface area contributed by atoms with Crippen LogP contribution in [0.5, 0.6) is 0 Å². The van der Waals surface area contributed by atoms with Crippen LogP contribution < -0.4 is 5.32 Å². The molecule has 1 unspecified atom stereocenters. The van der Waals surface area contributed by atoms with Gasteiger partial charge in [0.25, 0.3) is 5.91 Å². The van der Waals surface area contributed by atoms with Crippen molar-refractivity contribution < 1.29 is 13.6 Å². The van der Waals surface area contributed by atoms with Crippen LogP contribution >= 0.6 is 11.3 Å². The van der Waals surface area contributed by atoms with E-state index in [4.69, 9.17) is 4.55 Å². The van der Waals surface area contributed by atoms with Crippen molar-refractivity contribution in [3.63, 3.8) is 0 Å². The molecule has 2 aromatic rings. The van der Waals surface area contributed by atoms with E-state index in [0.29, 0.717) is 16.3 Å². The van der Waals surface area contributed by atoms with E-state index in [1.54, 1.807) is 36.4 Å². The molecule has 0 bridgehead atoms. The maximum atomic E-state index is 11.7. The molecule has 0 aliphatic carbocycles. The lowest BCUT2D eigenvalue weighted by Gasteiger charge is -2.02. The Labute approximate surface area is 111 Å². The topological polar surface area (TPSA) is 66.4 Å². The van der Waals surface area contributed by atoms with Crippen LogP contribution in [0.3, 0.4) is 0 Å². The molecule has 0 aliphatic heterocycles. The highest BCUT2D eigenvalue weighted by Crippen LogP contribution is 2.18. The van der Waals surface area contributed by atoms with Gasteiger partial charge in [-0.25, -0.2) is 4.21 Å². The van der Waals surface area contributed by atoms with Crippen molar-refractivity contribution >= 4 is 28.3 Å². The minimum Gasteiger partial charge on any atom is -0.347 e. The van der Waals surface area contributed by atoms with E-state index in [9.17, 15) is 9.00 Å². The molecule has 1 amide bonds. The fourth-order valence-corrected chi connectivity index (χ4v) is 2.87. The Morgan fingerprint density at radius 1 is 1.22 bits per heavy atom. The Bertz CT molecular complexity index is 566. The van der Waals surface area contributed by atoms with Crippen LogP contribution in [0.2, 0.25) is 0 Å². The molecule has 1 atom stereocenters. The van der Waals surface area contributed by atoms with Crippen LogP contribution in [0.4, 0.5) is 0 Å². The first-order valence-electron chi connectivity index (χ1n) is 5.19. The average molecular weight is 281 g/mol. The Morgan fingerprint density at radius 2 is 1.94 bits per heavy atom. The van der Waals surface area contributed by atoms with Crippen molar-refractivity contribution in [1.29, 1.82) is 0 Å². The van der Waals surface area contributed by atoms with E-state index >= 15 is 0 Å². The Morgan fingerprint density at radius 3 is 2.56 bits per heavy atom. The molecule has 0 radical (unpaired) electrons. The summed E-state index contributed by atoms with van der Waals surface area (Å²) < 4.78 is 20.1. The summed E-state index contributed by atoms with van der Waals surface area (Å²) in [6.45, 7) is 0.357. The van der Waals surface area contributed by atoms with Gasteiger partial charge < -0.3 is 9.87 Å². The normalized spacial score (nSPS) is 12.1. The second-order valence-electron chi connectivity index (χ2n) is 3.52. The number of amides is 1. The van der Waals surface area contributed by atoms with Gasteiger partial charge in [0.1, 0.15) is 4.21 Å². The quantitative estimate of drug-likeness (QED) is 0.845. The molecule has 0 fully saturated rings. The number of hydrogen-bond acceptors (Lipinski definition) is 3. The number of nitrogens with one attached hydrogen (secondary N) is 1. The first-order chi connectivity index (χ1) is 8.66. The molecule has 6 heteroatoms. The smallest absolute Gasteiger partial charge is 0.251 e. The van der Waals surface area contributed by atoms with E-state index in [2.05, 4.69) is 5.32 Å². The second kappa shape index (κ2) is 5.90. The van der Waals surface area contributed by atoms with Gasteiger partial charge in [-0.2, -0.15) is 0 Å². The summed E-state index contributed by atoms with van der Waals surface area (Å²) in [6.07, 6.45) is 0. The lowest BCUT2D eigenvalue weighted by molar-refractivity contribution is 0.0951. The second-order valence-corrected chi connectivity index (χ2v) is 5.88. The number of carbonyl (C=O) groups excluding carboxylic acids is 1. The monoisotopic (exact) mass is 281 g/mol. The summed E-state index contributed by atoms with van der Waals surface area (Å²) in [5.41, 5.74) is 0.597. The van der Waals surface area contributed by atoms with Crippen molar-refractivity contribution in [3.05, 3.63) is 52.9 Å². The Kier molecular flexibility index (Phi) is 4.24. The van der Waals surface area contributed by atoms with E-state index < -0.39 is 11.1 Å². The summed E-state index contributed by atoms with van der Waals surface area (Å²) in [5, 5.41) is 2.76. The Balaban J connectivity index is 1.95. The zero-order valence-electron chi connectivity index (χ0n) is 9.33. The zero-order chi connectivity index (χ0) is 13.0. The molecular formula is C12H11NO3S2. The molecule has 0 aliphatic rings. The summed E-state index contributed by atoms with van der Waals surface area (Å²) in [7, 11) is 0. The highest BCUT2D eigenvalue weighted by atomic mass is 32.2. The van der Waals surface area contributed by atoms with Gasteiger partial charge in [0, 0.05) is 10.4 Å². The SMILES string of the molecule is O=C(NCc1ccc(S(=O)O)s1)c1ccccc1. The largest absolute Gasteiger partial charge is 0.347 e. The highest BCUT2D eigenvalue weighted by Gasteiger charge is 2.07. The molecular weight excluding hydrogens is 270 g/mol. The third-order valence-electron chi connectivity index (χ3n) is 2.27.